The van der Waals surface area contributed by atoms with Crippen LogP contribution in [0.2, 0.25) is 0 Å². The van der Waals surface area contributed by atoms with Crippen LogP contribution in [-0.4, -0.2) is 43.4 Å². The number of carboxylic acid groups (broad SMARTS) is 1. The lowest BCUT2D eigenvalue weighted by atomic mass is 10.1. The number of aliphatic carboxylic acids is 1. The monoisotopic (exact) mass is 264 g/mol. The highest BCUT2D eigenvalue weighted by Gasteiger charge is 2.14. The van der Waals surface area contributed by atoms with E-state index in [1.165, 1.54) is 0 Å². The number of hydrogen-bond donors (Lipinski definition) is 2. The molecule has 1 aliphatic heterocycles. The molecule has 0 radical (unpaired) electrons. The average molecular weight is 264 g/mol. The van der Waals surface area contributed by atoms with E-state index in [2.05, 4.69) is 16.3 Å². The second-order valence-corrected chi connectivity index (χ2v) is 4.80. The first-order valence-electron chi connectivity index (χ1n) is 6.50. The van der Waals surface area contributed by atoms with Crippen LogP contribution in [0.4, 0.5) is 11.4 Å². The van der Waals surface area contributed by atoms with Gasteiger partial charge in [-0.05, 0) is 37.6 Å². The molecule has 1 aromatic carbocycles. The second kappa shape index (κ2) is 5.93. The van der Waals surface area contributed by atoms with E-state index in [4.69, 9.17) is 9.84 Å². The Morgan fingerprint density at radius 2 is 2.11 bits per heavy atom. The number of carbonyl (C=O) groups is 1. The molecule has 104 valence electrons. The van der Waals surface area contributed by atoms with E-state index < -0.39 is 12.0 Å². The Hall–Kier alpha value is -1.75. The van der Waals surface area contributed by atoms with E-state index in [9.17, 15) is 4.79 Å². The molecule has 1 unspecified atom stereocenters. The van der Waals surface area contributed by atoms with Crippen molar-refractivity contribution in [2.45, 2.75) is 19.9 Å². The van der Waals surface area contributed by atoms with Crippen LogP contribution in [0.5, 0.6) is 0 Å². The molecule has 1 heterocycles. The predicted octanol–water partition coefficient (Wildman–Crippen LogP) is 1.72. The van der Waals surface area contributed by atoms with Crippen molar-refractivity contribution < 1.29 is 14.6 Å². The molecule has 1 aromatic rings. The summed E-state index contributed by atoms with van der Waals surface area (Å²) in [5, 5.41) is 11.9. The Morgan fingerprint density at radius 3 is 2.68 bits per heavy atom. The first-order valence-corrected chi connectivity index (χ1v) is 6.50. The van der Waals surface area contributed by atoms with Crippen molar-refractivity contribution >= 4 is 17.3 Å². The number of hydrogen-bond acceptors (Lipinski definition) is 4. The van der Waals surface area contributed by atoms with Crippen molar-refractivity contribution in [1.82, 2.24) is 0 Å². The van der Waals surface area contributed by atoms with Gasteiger partial charge in [0.15, 0.2) is 0 Å². The molecule has 19 heavy (non-hydrogen) atoms. The Bertz CT molecular complexity index is 456. The maximum atomic E-state index is 10.8. The molecule has 0 bridgehead atoms. The molecule has 1 saturated heterocycles. The van der Waals surface area contributed by atoms with Gasteiger partial charge >= 0.3 is 5.97 Å². The van der Waals surface area contributed by atoms with Crippen LogP contribution in [-0.2, 0) is 9.53 Å². The summed E-state index contributed by atoms with van der Waals surface area (Å²) in [6.07, 6.45) is 0. The van der Waals surface area contributed by atoms with Gasteiger partial charge in [0.1, 0.15) is 6.04 Å². The minimum Gasteiger partial charge on any atom is -0.480 e. The molecule has 1 atom stereocenters. The Balaban J connectivity index is 2.10. The smallest absolute Gasteiger partial charge is 0.325 e. The highest BCUT2D eigenvalue weighted by atomic mass is 16.5. The molecule has 1 aliphatic rings. The first kappa shape index (κ1) is 13.7. The number of carboxylic acids is 1. The van der Waals surface area contributed by atoms with Crippen molar-refractivity contribution in [2.24, 2.45) is 0 Å². The zero-order valence-electron chi connectivity index (χ0n) is 11.3. The minimum absolute atomic E-state index is 0.590. The molecule has 0 amide bonds. The van der Waals surface area contributed by atoms with Gasteiger partial charge in [-0.25, -0.2) is 0 Å². The van der Waals surface area contributed by atoms with Crippen LogP contribution in [0, 0.1) is 6.92 Å². The summed E-state index contributed by atoms with van der Waals surface area (Å²) in [5.74, 6) is -0.850. The van der Waals surface area contributed by atoms with Crippen molar-refractivity contribution in [1.29, 1.82) is 0 Å². The summed E-state index contributed by atoms with van der Waals surface area (Å²) in [6, 6.07) is 5.46. The van der Waals surface area contributed by atoms with Crippen LogP contribution in [0.15, 0.2) is 18.2 Å². The molecular weight excluding hydrogens is 244 g/mol. The zero-order valence-corrected chi connectivity index (χ0v) is 11.3. The number of nitrogens with zero attached hydrogens (tertiary/aromatic N) is 1. The molecule has 5 heteroatoms. The maximum absolute atomic E-state index is 10.8. The number of anilines is 2. The van der Waals surface area contributed by atoms with Crippen LogP contribution >= 0.6 is 0 Å². The van der Waals surface area contributed by atoms with Gasteiger partial charge in [-0.15, -0.1) is 0 Å². The van der Waals surface area contributed by atoms with E-state index in [0.29, 0.717) is 0 Å². The fourth-order valence-electron chi connectivity index (χ4n) is 2.12. The van der Waals surface area contributed by atoms with Crippen molar-refractivity contribution in [2.75, 3.05) is 36.5 Å². The lowest BCUT2D eigenvalue weighted by Gasteiger charge is -2.29. The Kier molecular flexibility index (Phi) is 4.27. The number of ether oxygens (including phenoxy) is 1. The maximum Gasteiger partial charge on any atom is 0.325 e. The number of morpholine rings is 1. The van der Waals surface area contributed by atoms with Crippen LogP contribution < -0.4 is 10.2 Å². The molecule has 1 fully saturated rings. The summed E-state index contributed by atoms with van der Waals surface area (Å²) in [4.78, 5) is 13.1. The summed E-state index contributed by atoms with van der Waals surface area (Å²) in [7, 11) is 0. The summed E-state index contributed by atoms with van der Waals surface area (Å²) in [5.41, 5.74) is 3.08. The Morgan fingerprint density at radius 1 is 1.42 bits per heavy atom. The zero-order chi connectivity index (χ0) is 13.8. The average Bonchev–Trinajstić information content (AvgIpc) is 2.41. The Labute approximate surface area is 113 Å². The van der Waals surface area contributed by atoms with E-state index in [0.717, 1.165) is 43.2 Å². The number of nitrogens with one attached hydrogen (secondary N) is 1. The molecule has 0 aromatic heterocycles. The molecular formula is C14H20N2O3. The topological polar surface area (TPSA) is 61.8 Å². The summed E-state index contributed by atoms with van der Waals surface area (Å²) < 4.78 is 5.33. The standard InChI is InChI=1S/C14H20N2O3/c1-10-9-12(16-5-7-19-8-6-16)3-4-13(10)15-11(2)14(17)18/h3-4,9,11,15H,5-8H2,1-2H3,(H,17,18). The van der Waals surface area contributed by atoms with E-state index in [1.807, 2.05) is 19.1 Å². The van der Waals surface area contributed by atoms with Gasteiger partial charge in [0, 0.05) is 24.5 Å². The molecule has 0 saturated carbocycles. The number of benzene rings is 1. The van der Waals surface area contributed by atoms with Crippen molar-refractivity contribution in [3.63, 3.8) is 0 Å². The van der Waals surface area contributed by atoms with Gasteiger partial charge in [-0.3, -0.25) is 4.79 Å². The molecule has 0 aliphatic carbocycles. The highest BCUT2D eigenvalue weighted by molar-refractivity contribution is 5.77. The van der Waals surface area contributed by atoms with E-state index >= 15 is 0 Å². The largest absolute Gasteiger partial charge is 0.480 e. The van der Waals surface area contributed by atoms with Gasteiger partial charge < -0.3 is 20.1 Å². The fourth-order valence-corrected chi connectivity index (χ4v) is 2.12. The van der Waals surface area contributed by atoms with E-state index in [1.54, 1.807) is 6.92 Å². The quantitative estimate of drug-likeness (QED) is 0.867. The normalized spacial score (nSPS) is 17.1. The highest BCUT2D eigenvalue weighted by Crippen LogP contribution is 2.23. The third kappa shape index (κ3) is 3.38. The van der Waals surface area contributed by atoms with Crippen LogP contribution in [0.3, 0.4) is 0 Å². The van der Waals surface area contributed by atoms with Gasteiger partial charge in [-0.1, -0.05) is 0 Å². The van der Waals surface area contributed by atoms with Gasteiger partial charge in [0.25, 0.3) is 0 Å². The summed E-state index contributed by atoms with van der Waals surface area (Å²) in [6.45, 7) is 6.94. The van der Waals surface area contributed by atoms with Gasteiger partial charge in [-0.2, -0.15) is 0 Å². The van der Waals surface area contributed by atoms with Crippen molar-refractivity contribution in [3.8, 4) is 0 Å². The fraction of sp³-hybridized carbons (Fsp3) is 0.500. The van der Waals surface area contributed by atoms with Gasteiger partial charge in [0.05, 0.1) is 13.2 Å². The molecule has 0 spiro atoms. The molecule has 2 rings (SSSR count). The van der Waals surface area contributed by atoms with Crippen LogP contribution in [0.1, 0.15) is 12.5 Å². The molecule has 5 nitrogen and oxygen atoms in total. The predicted molar refractivity (Wildman–Crippen MR) is 74.9 cm³/mol. The third-order valence-electron chi connectivity index (χ3n) is 3.33. The van der Waals surface area contributed by atoms with E-state index in [-0.39, 0.29) is 0 Å². The van der Waals surface area contributed by atoms with Gasteiger partial charge in [0.2, 0.25) is 0 Å². The lowest BCUT2D eigenvalue weighted by Crippen LogP contribution is -2.36. The molecule has 2 N–H and O–H groups in total. The summed E-state index contributed by atoms with van der Waals surface area (Å²) >= 11 is 0. The number of aryl methyl sites for hydroxylation is 1. The number of rotatable bonds is 4. The third-order valence-corrected chi connectivity index (χ3v) is 3.33. The lowest BCUT2D eigenvalue weighted by molar-refractivity contribution is -0.137. The first-order chi connectivity index (χ1) is 9.08. The van der Waals surface area contributed by atoms with Crippen molar-refractivity contribution in [3.05, 3.63) is 23.8 Å². The minimum atomic E-state index is -0.850. The second-order valence-electron chi connectivity index (χ2n) is 4.80. The van der Waals surface area contributed by atoms with Crippen LogP contribution in [0.25, 0.3) is 0 Å². The SMILES string of the molecule is Cc1cc(N2CCOCC2)ccc1NC(C)C(=O)O.